The van der Waals surface area contributed by atoms with E-state index < -0.39 is 17.7 Å². The van der Waals surface area contributed by atoms with Gasteiger partial charge in [-0.25, -0.2) is 4.79 Å². The first kappa shape index (κ1) is 22.6. The fourth-order valence-corrected chi connectivity index (χ4v) is 4.28. The van der Waals surface area contributed by atoms with Crippen molar-refractivity contribution in [1.29, 1.82) is 5.26 Å². The summed E-state index contributed by atoms with van der Waals surface area (Å²) >= 11 is 1.54. The Bertz CT molecular complexity index is 946. The Labute approximate surface area is 187 Å². The standard InChI is InChI=1S/C23H28N4O3S/c1-23(2,3)30-22(29)26-19(13-18-8-6-12-31-18)21(28)25-17-10-11-27(15-17)20-9-5-4-7-16(20)14-24/h4-9,12,17,19H,10-11,13,15H2,1-3H3,(H,25,28)(H,26,29)/t17-,19-/m0/s1. The first-order valence-corrected chi connectivity index (χ1v) is 11.2. The zero-order valence-electron chi connectivity index (χ0n) is 18.1. The van der Waals surface area contributed by atoms with Crippen LogP contribution in [-0.4, -0.2) is 42.8 Å². The van der Waals surface area contributed by atoms with Gasteiger partial charge in [-0.3, -0.25) is 4.79 Å². The van der Waals surface area contributed by atoms with E-state index in [4.69, 9.17) is 4.74 Å². The van der Waals surface area contributed by atoms with Crippen LogP contribution in [0.1, 0.15) is 37.6 Å². The number of nitrogens with one attached hydrogen (secondary N) is 2. The Morgan fingerprint density at radius 2 is 2.06 bits per heavy atom. The van der Waals surface area contributed by atoms with Gasteiger partial charge in [-0.2, -0.15) is 5.26 Å². The van der Waals surface area contributed by atoms with Crippen molar-refractivity contribution in [2.45, 2.75) is 51.3 Å². The molecule has 0 saturated carbocycles. The Balaban J connectivity index is 1.64. The summed E-state index contributed by atoms with van der Waals surface area (Å²) in [6.45, 7) is 6.72. The van der Waals surface area contributed by atoms with Gasteiger partial charge in [0.15, 0.2) is 0 Å². The van der Waals surface area contributed by atoms with Gasteiger partial charge in [0.1, 0.15) is 17.7 Å². The van der Waals surface area contributed by atoms with Gasteiger partial charge in [0.25, 0.3) is 0 Å². The van der Waals surface area contributed by atoms with E-state index in [9.17, 15) is 14.9 Å². The Morgan fingerprint density at radius 1 is 1.29 bits per heavy atom. The highest BCUT2D eigenvalue weighted by atomic mass is 32.1. The van der Waals surface area contributed by atoms with Crippen LogP contribution in [0.4, 0.5) is 10.5 Å². The molecular weight excluding hydrogens is 412 g/mol. The first-order chi connectivity index (χ1) is 14.7. The Morgan fingerprint density at radius 3 is 2.74 bits per heavy atom. The van der Waals surface area contributed by atoms with Crippen LogP contribution in [0.25, 0.3) is 0 Å². The summed E-state index contributed by atoms with van der Waals surface area (Å²) in [6.07, 6.45) is 0.556. The monoisotopic (exact) mass is 440 g/mol. The van der Waals surface area contributed by atoms with Crippen LogP contribution in [0.5, 0.6) is 0 Å². The van der Waals surface area contributed by atoms with Crippen LogP contribution in [0.3, 0.4) is 0 Å². The molecule has 1 aromatic carbocycles. The molecule has 0 bridgehead atoms. The number of anilines is 1. The van der Waals surface area contributed by atoms with Crippen LogP contribution in [0, 0.1) is 11.3 Å². The van der Waals surface area contributed by atoms with Gasteiger partial charge in [-0.1, -0.05) is 18.2 Å². The molecule has 1 aromatic heterocycles. The van der Waals surface area contributed by atoms with Gasteiger partial charge in [0, 0.05) is 30.4 Å². The normalized spacial score (nSPS) is 17.0. The van der Waals surface area contributed by atoms with Crippen molar-refractivity contribution in [3.8, 4) is 6.07 Å². The van der Waals surface area contributed by atoms with E-state index in [1.807, 2.05) is 35.7 Å². The lowest BCUT2D eigenvalue weighted by molar-refractivity contribution is -0.123. The quantitative estimate of drug-likeness (QED) is 0.717. The molecule has 1 saturated heterocycles. The maximum absolute atomic E-state index is 13.0. The van der Waals surface area contributed by atoms with Gasteiger partial charge in [0.05, 0.1) is 11.3 Å². The number of alkyl carbamates (subject to hydrolysis) is 1. The number of rotatable bonds is 6. The van der Waals surface area contributed by atoms with Crippen LogP contribution in [0.15, 0.2) is 41.8 Å². The van der Waals surface area contributed by atoms with Crippen molar-refractivity contribution in [2.75, 3.05) is 18.0 Å². The van der Waals surface area contributed by atoms with E-state index in [-0.39, 0.29) is 11.9 Å². The van der Waals surface area contributed by atoms with Gasteiger partial charge in [0.2, 0.25) is 5.91 Å². The minimum absolute atomic E-state index is 0.0643. The van der Waals surface area contributed by atoms with E-state index in [1.165, 1.54) is 0 Å². The number of hydrogen-bond acceptors (Lipinski definition) is 6. The van der Waals surface area contributed by atoms with E-state index in [2.05, 4.69) is 21.6 Å². The zero-order chi connectivity index (χ0) is 22.4. The molecule has 2 atom stereocenters. The molecule has 8 heteroatoms. The number of nitriles is 1. The molecule has 2 amide bonds. The number of nitrogens with zero attached hydrogens (tertiary/aromatic N) is 2. The van der Waals surface area contributed by atoms with Crippen molar-refractivity contribution < 1.29 is 14.3 Å². The molecule has 2 aromatic rings. The molecule has 2 N–H and O–H groups in total. The lowest BCUT2D eigenvalue weighted by Crippen LogP contribution is -2.52. The predicted octanol–water partition coefficient (Wildman–Crippen LogP) is 3.45. The average Bonchev–Trinajstić information content (AvgIpc) is 3.38. The molecule has 1 aliphatic heterocycles. The largest absolute Gasteiger partial charge is 0.444 e. The lowest BCUT2D eigenvalue weighted by atomic mass is 10.1. The number of para-hydroxylation sites is 1. The minimum atomic E-state index is -0.728. The second-order valence-corrected chi connectivity index (χ2v) is 9.58. The summed E-state index contributed by atoms with van der Waals surface area (Å²) in [6, 6.07) is 12.8. The number of amides is 2. The lowest BCUT2D eigenvalue weighted by Gasteiger charge is -2.24. The summed E-state index contributed by atoms with van der Waals surface area (Å²) < 4.78 is 5.34. The summed E-state index contributed by atoms with van der Waals surface area (Å²) in [4.78, 5) is 28.5. The Hall–Kier alpha value is -3.05. The third-order valence-electron chi connectivity index (χ3n) is 4.89. The van der Waals surface area contributed by atoms with Crippen LogP contribution in [-0.2, 0) is 16.0 Å². The fraction of sp³-hybridized carbons (Fsp3) is 0.435. The summed E-state index contributed by atoms with van der Waals surface area (Å²) in [5.41, 5.74) is 0.856. The summed E-state index contributed by atoms with van der Waals surface area (Å²) in [7, 11) is 0. The number of ether oxygens (including phenoxy) is 1. The molecule has 7 nitrogen and oxygen atoms in total. The Kier molecular flexibility index (Phi) is 7.18. The smallest absolute Gasteiger partial charge is 0.408 e. The van der Waals surface area contributed by atoms with Crippen LogP contribution in [0.2, 0.25) is 0 Å². The van der Waals surface area contributed by atoms with Gasteiger partial charge >= 0.3 is 6.09 Å². The number of thiophene rings is 1. The molecule has 1 fully saturated rings. The number of carbonyl (C=O) groups excluding carboxylic acids is 2. The topological polar surface area (TPSA) is 94.5 Å². The molecule has 2 heterocycles. The summed E-state index contributed by atoms with van der Waals surface area (Å²) in [5, 5.41) is 17.1. The SMILES string of the molecule is CC(C)(C)OC(=O)N[C@@H](Cc1cccs1)C(=O)N[C@H]1CCN(c2ccccc2C#N)C1. The van der Waals surface area contributed by atoms with Crippen molar-refractivity contribution in [3.05, 3.63) is 52.2 Å². The van der Waals surface area contributed by atoms with Gasteiger partial charge in [-0.05, 0) is 50.8 Å². The molecule has 0 radical (unpaired) electrons. The van der Waals surface area contributed by atoms with Crippen molar-refractivity contribution >= 4 is 29.0 Å². The molecular formula is C23H28N4O3S. The van der Waals surface area contributed by atoms with Crippen molar-refractivity contribution in [3.63, 3.8) is 0 Å². The van der Waals surface area contributed by atoms with E-state index in [0.29, 0.717) is 18.5 Å². The van der Waals surface area contributed by atoms with Gasteiger partial charge in [-0.15, -0.1) is 11.3 Å². The maximum Gasteiger partial charge on any atom is 0.408 e. The zero-order valence-corrected chi connectivity index (χ0v) is 18.9. The molecule has 0 spiro atoms. The number of carbonyl (C=O) groups is 2. The maximum atomic E-state index is 13.0. The summed E-state index contributed by atoms with van der Waals surface area (Å²) in [5.74, 6) is -0.236. The molecule has 0 aliphatic carbocycles. The van der Waals surface area contributed by atoms with Crippen molar-refractivity contribution in [1.82, 2.24) is 10.6 Å². The molecule has 1 aliphatic rings. The van der Waals surface area contributed by atoms with E-state index in [0.717, 1.165) is 23.5 Å². The van der Waals surface area contributed by atoms with Crippen LogP contribution >= 0.6 is 11.3 Å². The molecule has 164 valence electrons. The molecule has 3 rings (SSSR count). The van der Waals surface area contributed by atoms with Gasteiger partial charge < -0.3 is 20.3 Å². The van der Waals surface area contributed by atoms with E-state index >= 15 is 0 Å². The first-order valence-electron chi connectivity index (χ1n) is 10.3. The fourth-order valence-electron chi connectivity index (χ4n) is 3.53. The second-order valence-electron chi connectivity index (χ2n) is 8.55. The third kappa shape index (κ3) is 6.46. The van der Waals surface area contributed by atoms with Crippen LogP contribution < -0.4 is 15.5 Å². The van der Waals surface area contributed by atoms with Crippen molar-refractivity contribution in [2.24, 2.45) is 0 Å². The third-order valence-corrected chi connectivity index (χ3v) is 5.79. The molecule has 0 unspecified atom stereocenters. The highest BCUT2D eigenvalue weighted by molar-refractivity contribution is 7.09. The second kappa shape index (κ2) is 9.84. The number of hydrogen-bond donors (Lipinski definition) is 2. The van der Waals surface area contributed by atoms with E-state index in [1.54, 1.807) is 38.2 Å². The highest BCUT2D eigenvalue weighted by Gasteiger charge is 2.30. The highest BCUT2D eigenvalue weighted by Crippen LogP contribution is 2.24. The molecule has 31 heavy (non-hydrogen) atoms. The number of benzene rings is 1. The predicted molar refractivity (Wildman–Crippen MR) is 121 cm³/mol. The minimum Gasteiger partial charge on any atom is -0.444 e. The average molecular weight is 441 g/mol.